The van der Waals surface area contributed by atoms with Gasteiger partial charge in [-0.25, -0.2) is 4.79 Å². The number of likely N-dealkylation sites (N-methyl/N-ethyl adjacent to an activating group) is 1. The number of esters is 1. The fourth-order valence-electron chi connectivity index (χ4n) is 8.35. The first-order valence-electron chi connectivity index (χ1n) is 18.0. The van der Waals surface area contributed by atoms with E-state index in [0.717, 1.165) is 24.2 Å². The molecule has 1 saturated carbocycles. The molecule has 17 nitrogen and oxygen atoms in total. The summed E-state index contributed by atoms with van der Waals surface area (Å²) in [6, 6.07) is 0.330. The third kappa shape index (κ3) is 7.09. The molecule has 4 atom stereocenters. The van der Waals surface area contributed by atoms with E-state index in [0.29, 0.717) is 30.5 Å². The van der Waals surface area contributed by atoms with Crippen LogP contribution in [0.2, 0.25) is 0 Å². The summed E-state index contributed by atoms with van der Waals surface area (Å²) in [4.78, 5) is 83.0. The Morgan fingerprint density at radius 1 is 1.02 bits per heavy atom. The van der Waals surface area contributed by atoms with Crippen LogP contribution < -0.4 is 16.0 Å². The SMILES string of the molecule is CCCN(CC(=O)Nc1cc(N(C)C)c2c(c1O)C(=O)C1=C(O)[C@]3(O)C(=O)C(C(N)=O)=C(O)[C@@H](N(C)C)C3CC1C2)C(=O)OCOC(=O)C1CCCCC1. The largest absolute Gasteiger partial charge is 0.510 e. The van der Waals surface area contributed by atoms with Gasteiger partial charge in [-0.3, -0.25) is 33.8 Å². The first-order chi connectivity index (χ1) is 25.4. The van der Waals surface area contributed by atoms with E-state index in [1.54, 1.807) is 40.0 Å². The second kappa shape index (κ2) is 15.7. The van der Waals surface area contributed by atoms with Gasteiger partial charge in [-0.2, -0.15) is 0 Å². The Balaban J connectivity index is 1.42. The van der Waals surface area contributed by atoms with Gasteiger partial charge in [0.2, 0.25) is 18.5 Å². The summed E-state index contributed by atoms with van der Waals surface area (Å²) in [6.45, 7) is 0.752. The van der Waals surface area contributed by atoms with Gasteiger partial charge < -0.3 is 45.9 Å². The summed E-state index contributed by atoms with van der Waals surface area (Å²) >= 11 is 0. The fraction of sp³-hybridized carbons (Fsp3) is 0.568. The normalized spacial score (nSPS) is 24.0. The van der Waals surface area contributed by atoms with Crippen LogP contribution in [0.1, 0.15) is 67.8 Å². The maximum atomic E-state index is 14.3. The zero-order valence-corrected chi connectivity index (χ0v) is 31.1. The van der Waals surface area contributed by atoms with Crippen molar-refractivity contribution >= 4 is 46.8 Å². The van der Waals surface area contributed by atoms with E-state index in [4.69, 9.17) is 15.2 Å². The Morgan fingerprint density at radius 2 is 1.69 bits per heavy atom. The lowest BCUT2D eigenvalue weighted by atomic mass is 9.58. The molecule has 0 aromatic heterocycles. The number of benzene rings is 1. The van der Waals surface area contributed by atoms with Crippen LogP contribution in [0.4, 0.5) is 16.2 Å². The zero-order valence-electron chi connectivity index (χ0n) is 31.1. The Labute approximate surface area is 312 Å². The van der Waals surface area contributed by atoms with Crippen LogP contribution in [-0.4, -0.2) is 125 Å². The Morgan fingerprint density at radius 3 is 2.28 bits per heavy atom. The average Bonchev–Trinajstić information content (AvgIpc) is 3.10. The van der Waals surface area contributed by atoms with Crippen molar-refractivity contribution in [1.82, 2.24) is 9.80 Å². The number of phenols is 1. The van der Waals surface area contributed by atoms with Gasteiger partial charge in [0.1, 0.15) is 23.6 Å². The zero-order chi connectivity index (χ0) is 39.8. The topological polar surface area (TPSA) is 250 Å². The van der Waals surface area contributed by atoms with Crippen molar-refractivity contribution in [3.63, 3.8) is 0 Å². The summed E-state index contributed by atoms with van der Waals surface area (Å²) in [7, 11) is 6.46. The molecule has 54 heavy (non-hydrogen) atoms. The molecule has 17 heteroatoms. The molecule has 4 aliphatic rings. The number of allylic oxidation sites excluding steroid dienone is 1. The second-order valence-corrected chi connectivity index (χ2v) is 14.8. The predicted molar refractivity (Wildman–Crippen MR) is 193 cm³/mol. The molecule has 0 aliphatic heterocycles. The third-order valence-corrected chi connectivity index (χ3v) is 10.9. The van der Waals surface area contributed by atoms with Gasteiger partial charge in [0.05, 0.1) is 23.2 Å². The number of nitrogens with one attached hydrogen (secondary N) is 1. The number of primary amides is 1. The highest BCUT2D eigenvalue weighted by atomic mass is 16.7. The van der Waals surface area contributed by atoms with Crippen LogP contribution >= 0.6 is 0 Å². The van der Waals surface area contributed by atoms with E-state index in [-0.39, 0.29) is 42.1 Å². The van der Waals surface area contributed by atoms with Crippen molar-refractivity contribution in [3.05, 3.63) is 39.9 Å². The van der Waals surface area contributed by atoms with Crippen molar-refractivity contribution in [1.29, 1.82) is 0 Å². The lowest BCUT2D eigenvalue weighted by Gasteiger charge is -2.50. The molecule has 1 fully saturated rings. The minimum atomic E-state index is -2.80. The molecule has 0 heterocycles. The van der Waals surface area contributed by atoms with Crippen molar-refractivity contribution in [2.75, 3.05) is 58.3 Å². The lowest BCUT2D eigenvalue weighted by Crippen LogP contribution is -2.63. The molecule has 0 spiro atoms. The number of nitrogens with two attached hydrogens (primary N) is 1. The number of hydrogen-bond acceptors (Lipinski definition) is 14. The standard InChI is InChI=1S/C37H49N5O12/c1-6-12-42(36(51)54-17-53-35(50)18-10-8-7-9-11-18)16-24(43)39-22-15-23(40(2)3)20-13-19-14-21-28(41(4)5)31(46)27(34(38)49)33(48)37(21,52)32(47)25(19)30(45)26(20)29(22)44/h15,18-19,21,28,44,46-47,52H,6-14,16-17H2,1-5H3,(H2,38,49)(H,39,43)/t19?,21?,28-,37-/m0/s1. The maximum Gasteiger partial charge on any atom is 0.413 e. The molecule has 2 unspecified atom stereocenters. The number of carbonyl (C=O) groups is 6. The number of ether oxygens (including phenoxy) is 2. The number of ketones is 2. The molecule has 1 aromatic rings. The van der Waals surface area contributed by atoms with E-state index < -0.39 is 95.1 Å². The van der Waals surface area contributed by atoms with Gasteiger partial charge >= 0.3 is 12.1 Å². The van der Waals surface area contributed by atoms with Gasteiger partial charge in [-0.15, -0.1) is 0 Å². The number of fused-ring (bicyclic) bond motifs is 3. The van der Waals surface area contributed by atoms with E-state index in [2.05, 4.69) is 5.32 Å². The molecule has 3 amide bonds. The molecule has 1 aromatic carbocycles. The monoisotopic (exact) mass is 755 g/mol. The van der Waals surface area contributed by atoms with Crippen LogP contribution in [0.15, 0.2) is 28.7 Å². The molecule has 5 rings (SSSR count). The van der Waals surface area contributed by atoms with E-state index in [9.17, 15) is 49.2 Å². The number of aliphatic hydroxyl groups excluding tert-OH is 2. The van der Waals surface area contributed by atoms with Gasteiger partial charge in [0.25, 0.3) is 5.91 Å². The highest BCUT2D eigenvalue weighted by molar-refractivity contribution is 6.25. The minimum Gasteiger partial charge on any atom is -0.510 e. The number of nitrogens with zero attached hydrogens (tertiary/aromatic N) is 3. The number of Topliss-reactive ketones (excluding diaryl/α,β-unsaturated/α-hetero) is 2. The number of carbonyl (C=O) groups excluding carboxylic acids is 6. The fourth-order valence-corrected chi connectivity index (χ4v) is 8.35. The van der Waals surface area contributed by atoms with E-state index in [1.807, 2.05) is 0 Å². The van der Waals surface area contributed by atoms with E-state index >= 15 is 0 Å². The molecule has 4 aliphatic carbocycles. The molecule has 7 N–H and O–H groups in total. The van der Waals surface area contributed by atoms with Crippen LogP contribution in [0.5, 0.6) is 5.75 Å². The number of aromatic hydroxyl groups is 1. The second-order valence-electron chi connectivity index (χ2n) is 14.8. The van der Waals surface area contributed by atoms with Crippen LogP contribution in [-0.2, 0) is 35.1 Å². The van der Waals surface area contributed by atoms with Crippen molar-refractivity contribution < 1.29 is 58.7 Å². The summed E-state index contributed by atoms with van der Waals surface area (Å²) in [5, 5.41) is 48.6. The van der Waals surface area contributed by atoms with Gasteiger partial charge in [0.15, 0.2) is 17.1 Å². The Kier molecular flexibility index (Phi) is 11.6. The number of anilines is 2. The molecule has 0 saturated heterocycles. The molecule has 0 radical (unpaired) electrons. The lowest BCUT2D eigenvalue weighted by molar-refractivity contribution is -0.158. The first kappa shape index (κ1) is 40.0. The number of aliphatic hydroxyl groups is 3. The Hall–Kier alpha value is -5.16. The van der Waals surface area contributed by atoms with Crippen molar-refractivity contribution in [2.45, 2.75) is 69.9 Å². The predicted octanol–water partition coefficient (Wildman–Crippen LogP) is 2.05. The number of phenolic OH excluding ortho intramolecular Hbond substituents is 1. The smallest absolute Gasteiger partial charge is 0.413 e. The number of amides is 3. The highest BCUT2D eigenvalue weighted by Crippen LogP contribution is 2.54. The van der Waals surface area contributed by atoms with Crippen molar-refractivity contribution in [3.8, 4) is 5.75 Å². The quantitative estimate of drug-likeness (QED) is 0.0819. The first-order valence-corrected chi connectivity index (χ1v) is 18.0. The van der Waals surface area contributed by atoms with Crippen LogP contribution in [0.25, 0.3) is 0 Å². The van der Waals surface area contributed by atoms with Gasteiger partial charge in [-0.05, 0) is 63.7 Å². The number of rotatable bonds is 11. The summed E-state index contributed by atoms with van der Waals surface area (Å²) in [5.41, 5.74) is 1.66. The van der Waals surface area contributed by atoms with Crippen LogP contribution in [0.3, 0.4) is 0 Å². The summed E-state index contributed by atoms with van der Waals surface area (Å²) < 4.78 is 10.3. The highest BCUT2D eigenvalue weighted by Gasteiger charge is 2.63. The summed E-state index contributed by atoms with van der Waals surface area (Å²) in [5.74, 6) is -9.34. The van der Waals surface area contributed by atoms with E-state index in [1.165, 1.54) is 11.0 Å². The third-order valence-electron chi connectivity index (χ3n) is 10.9. The molecular weight excluding hydrogens is 706 g/mol. The van der Waals surface area contributed by atoms with Gasteiger partial charge in [0, 0.05) is 37.8 Å². The Bertz CT molecular complexity index is 1810. The summed E-state index contributed by atoms with van der Waals surface area (Å²) in [6.07, 6.45) is 3.85. The maximum absolute atomic E-state index is 14.3. The molecular formula is C37H49N5O12. The molecule has 294 valence electrons. The van der Waals surface area contributed by atoms with Crippen LogP contribution in [0, 0.1) is 17.8 Å². The number of hydrogen-bond donors (Lipinski definition) is 6. The minimum absolute atomic E-state index is 0.0469. The average molecular weight is 756 g/mol. The van der Waals surface area contributed by atoms with Gasteiger partial charge in [-0.1, -0.05) is 26.2 Å². The van der Waals surface area contributed by atoms with Crippen molar-refractivity contribution in [2.24, 2.45) is 23.5 Å². The molecule has 0 bridgehead atoms.